The Balaban J connectivity index is 1.43. The molecule has 0 spiro atoms. The van der Waals surface area contributed by atoms with Crippen LogP contribution in [-0.2, 0) is 13.0 Å². The standard InChI is InChI=1S/C22H26N2O2/c1-26-21-10-8-18(9-11-21)22(25)24-13-4-7-20(16-24)23-14-12-17-5-2-3-6-19(17)15-23/h2-3,5-6,8-11,20H,4,7,12-16H2,1H3/t20-/m0/s1. The first kappa shape index (κ1) is 17.1. The third kappa shape index (κ3) is 3.47. The molecular weight excluding hydrogens is 324 g/mol. The van der Waals surface area contributed by atoms with Gasteiger partial charge in [-0.1, -0.05) is 24.3 Å². The number of piperidine rings is 1. The van der Waals surface area contributed by atoms with Crippen LogP contribution in [-0.4, -0.2) is 48.5 Å². The first-order valence-corrected chi connectivity index (χ1v) is 9.49. The Kier molecular flexibility index (Phi) is 4.93. The van der Waals surface area contributed by atoms with Gasteiger partial charge in [-0.05, 0) is 54.7 Å². The Morgan fingerprint density at radius 3 is 2.58 bits per heavy atom. The van der Waals surface area contributed by atoms with Crippen LogP contribution in [0.1, 0.15) is 34.3 Å². The number of likely N-dealkylation sites (tertiary alicyclic amines) is 1. The van der Waals surface area contributed by atoms with E-state index in [0.717, 1.165) is 50.3 Å². The molecule has 2 aliphatic rings. The lowest BCUT2D eigenvalue weighted by Crippen LogP contribution is -2.51. The molecule has 26 heavy (non-hydrogen) atoms. The molecule has 0 aliphatic carbocycles. The van der Waals surface area contributed by atoms with E-state index >= 15 is 0 Å². The van der Waals surface area contributed by atoms with Crippen molar-refractivity contribution in [3.8, 4) is 5.75 Å². The first-order chi connectivity index (χ1) is 12.7. The summed E-state index contributed by atoms with van der Waals surface area (Å²) in [6, 6.07) is 16.6. The number of nitrogens with zero attached hydrogens (tertiary/aromatic N) is 2. The molecule has 0 aromatic heterocycles. The van der Waals surface area contributed by atoms with Crippen molar-refractivity contribution in [1.82, 2.24) is 9.80 Å². The highest BCUT2D eigenvalue weighted by molar-refractivity contribution is 5.94. The van der Waals surface area contributed by atoms with E-state index in [-0.39, 0.29) is 5.91 Å². The number of methoxy groups -OCH3 is 1. The molecule has 1 atom stereocenters. The van der Waals surface area contributed by atoms with Crippen molar-refractivity contribution in [1.29, 1.82) is 0 Å². The zero-order chi connectivity index (χ0) is 17.9. The number of fused-ring (bicyclic) bond motifs is 1. The molecule has 0 unspecified atom stereocenters. The molecule has 2 heterocycles. The minimum Gasteiger partial charge on any atom is -0.497 e. The summed E-state index contributed by atoms with van der Waals surface area (Å²) in [6.45, 7) is 3.77. The van der Waals surface area contributed by atoms with Crippen LogP contribution in [0.5, 0.6) is 5.75 Å². The summed E-state index contributed by atoms with van der Waals surface area (Å²) in [7, 11) is 1.64. The van der Waals surface area contributed by atoms with Crippen molar-refractivity contribution in [2.75, 3.05) is 26.7 Å². The predicted molar refractivity (Wildman–Crippen MR) is 102 cm³/mol. The van der Waals surface area contributed by atoms with Crippen LogP contribution in [0.4, 0.5) is 0 Å². The van der Waals surface area contributed by atoms with Crippen LogP contribution in [0.3, 0.4) is 0 Å². The smallest absolute Gasteiger partial charge is 0.253 e. The van der Waals surface area contributed by atoms with Crippen molar-refractivity contribution >= 4 is 5.91 Å². The van der Waals surface area contributed by atoms with E-state index in [1.54, 1.807) is 7.11 Å². The number of hydrogen-bond acceptors (Lipinski definition) is 3. The number of rotatable bonds is 3. The molecule has 4 nitrogen and oxygen atoms in total. The van der Waals surface area contributed by atoms with Gasteiger partial charge < -0.3 is 9.64 Å². The van der Waals surface area contributed by atoms with Gasteiger partial charge in [-0.2, -0.15) is 0 Å². The Bertz CT molecular complexity index is 772. The number of hydrogen-bond donors (Lipinski definition) is 0. The summed E-state index contributed by atoms with van der Waals surface area (Å²) in [4.78, 5) is 17.5. The maximum atomic E-state index is 12.9. The molecule has 0 bridgehead atoms. The number of benzene rings is 2. The van der Waals surface area contributed by atoms with Gasteiger partial charge >= 0.3 is 0 Å². The summed E-state index contributed by atoms with van der Waals surface area (Å²) in [5, 5.41) is 0. The van der Waals surface area contributed by atoms with Crippen LogP contribution in [0.2, 0.25) is 0 Å². The average Bonchev–Trinajstić information content (AvgIpc) is 2.73. The average molecular weight is 350 g/mol. The van der Waals surface area contributed by atoms with E-state index in [4.69, 9.17) is 4.74 Å². The Hall–Kier alpha value is -2.33. The fraction of sp³-hybridized carbons (Fsp3) is 0.409. The lowest BCUT2D eigenvalue weighted by atomic mass is 9.95. The summed E-state index contributed by atoms with van der Waals surface area (Å²) in [5.74, 6) is 0.916. The maximum Gasteiger partial charge on any atom is 0.253 e. The van der Waals surface area contributed by atoms with Gasteiger partial charge in [0.2, 0.25) is 0 Å². The monoisotopic (exact) mass is 350 g/mol. The number of carbonyl (C=O) groups excluding carboxylic acids is 1. The van der Waals surface area contributed by atoms with E-state index < -0.39 is 0 Å². The second-order valence-electron chi connectivity index (χ2n) is 7.26. The molecule has 1 fully saturated rings. The highest BCUT2D eigenvalue weighted by Crippen LogP contribution is 2.25. The molecule has 2 aromatic carbocycles. The van der Waals surface area contributed by atoms with Crippen LogP contribution < -0.4 is 4.74 Å². The highest BCUT2D eigenvalue weighted by atomic mass is 16.5. The Morgan fingerprint density at radius 2 is 1.81 bits per heavy atom. The van der Waals surface area contributed by atoms with Crippen LogP contribution >= 0.6 is 0 Å². The highest BCUT2D eigenvalue weighted by Gasteiger charge is 2.30. The second kappa shape index (κ2) is 7.50. The zero-order valence-electron chi connectivity index (χ0n) is 15.4. The molecule has 0 N–H and O–H groups in total. The fourth-order valence-corrected chi connectivity index (χ4v) is 4.18. The first-order valence-electron chi connectivity index (χ1n) is 9.49. The largest absolute Gasteiger partial charge is 0.497 e. The molecule has 0 radical (unpaired) electrons. The van der Waals surface area contributed by atoms with Gasteiger partial charge in [0.15, 0.2) is 0 Å². The molecule has 4 heteroatoms. The third-order valence-electron chi connectivity index (χ3n) is 5.70. The topological polar surface area (TPSA) is 32.8 Å². The molecule has 1 amide bonds. The SMILES string of the molecule is COc1ccc(C(=O)N2CCC[C@H](N3CCc4ccccc4C3)C2)cc1. The van der Waals surface area contributed by atoms with E-state index in [9.17, 15) is 4.79 Å². The number of ether oxygens (including phenoxy) is 1. The van der Waals surface area contributed by atoms with E-state index in [1.165, 1.54) is 17.5 Å². The fourth-order valence-electron chi connectivity index (χ4n) is 4.18. The number of amides is 1. The third-order valence-corrected chi connectivity index (χ3v) is 5.70. The van der Waals surface area contributed by atoms with Gasteiger partial charge in [-0.15, -0.1) is 0 Å². The van der Waals surface area contributed by atoms with Gasteiger partial charge in [-0.25, -0.2) is 0 Å². The zero-order valence-corrected chi connectivity index (χ0v) is 15.4. The van der Waals surface area contributed by atoms with Crippen LogP contribution in [0, 0.1) is 0 Å². The minimum absolute atomic E-state index is 0.134. The van der Waals surface area contributed by atoms with Crippen molar-refractivity contribution in [3.63, 3.8) is 0 Å². The summed E-state index contributed by atoms with van der Waals surface area (Å²) >= 11 is 0. The summed E-state index contributed by atoms with van der Waals surface area (Å²) in [5.41, 5.74) is 3.67. The molecule has 1 saturated heterocycles. The van der Waals surface area contributed by atoms with Crippen molar-refractivity contribution in [3.05, 3.63) is 65.2 Å². The lowest BCUT2D eigenvalue weighted by molar-refractivity contribution is 0.0549. The van der Waals surface area contributed by atoms with E-state index in [1.807, 2.05) is 29.2 Å². The lowest BCUT2D eigenvalue weighted by Gasteiger charge is -2.41. The van der Waals surface area contributed by atoms with Gasteiger partial charge in [0, 0.05) is 37.8 Å². The van der Waals surface area contributed by atoms with Crippen molar-refractivity contribution < 1.29 is 9.53 Å². The van der Waals surface area contributed by atoms with Gasteiger partial charge in [0.25, 0.3) is 5.91 Å². The second-order valence-corrected chi connectivity index (χ2v) is 7.26. The summed E-state index contributed by atoms with van der Waals surface area (Å²) < 4.78 is 5.19. The molecule has 2 aromatic rings. The van der Waals surface area contributed by atoms with Gasteiger partial charge in [0.05, 0.1) is 7.11 Å². The molecule has 2 aliphatic heterocycles. The van der Waals surface area contributed by atoms with Gasteiger partial charge in [-0.3, -0.25) is 9.69 Å². The van der Waals surface area contributed by atoms with Crippen LogP contribution in [0.25, 0.3) is 0 Å². The quantitative estimate of drug-likeness (QED) is 0.851. The predicted octanol–water partition coefficient (Wildman–Crippen LogP) is 3.36. The molecule has 4 rings (SSSR count). The number of carbonyl (C=O) groups is 1. The Labute approximate surface area is 155 Å². The molecule has 0 saturated carbocycles. The Morgan fingerprint density at radius 1 is 1.04 bits per heavy atom. The maximum absolute atomic E-state index is 12.9. The molecule has 136 valence electrons. The summed E-state index contributed by atoms with van der Waals surface area (Å²) in [6.07, 6.45) is 3.36. The van der Waals surface area contributed by atoms with Gasteiger partial charge in [0.1, 0.15) is 5.75 Å². The van der Waals surface area contributed by atoms with Crippen LogP contribution in [0.15, 0.2) is 48.5 Å². The van der Waals surface area contributed by atoms with Crippen molar-refractivity contribution in [2.45, 2.75) is 31.8 Å². The van der Waals surface area contributed by atoms with E-state index in [2.05, 4.69) is 29.2 Å². The molecular formula is C22H26N2O2. The van der Waals surface area contributed by atoms with E-state index in [0.29, 0.717) is 6.04 Å². The van der Waals surface area contributed by atoms with Crippen molar-refractivity contribution in [2.24, 2.45) is 0 Å². The minimum atomic E-state index is 0.134. The normalized spacial score (nSPS) is 20.5.